The van der Waals surface area contributed by atoms with Gasteiger partial charge in [0.15, 0.2) is 9.84 Å². The highest BCUT2D eigenvalue weighted by molar-refractivity contribution is 7.92. The summed E-state index contributed by atoms with van der Waals surface area (Å²) in [5.74, 6) is -1.51. The zero-order valence-corrected chi connectivity index (χ0v) is 8.78. The predicted octanol–water partition coefficient (Wildman–Crippen LogP) is 0.505. The number of anilines is 1. The Labute approximate surface area is 86.8 Å². The number of carbonyl (C=O) groups excluding carboxylic acids is 1. The van der Waals surface area contributed by atoms with Crippen LogP contribution in [0.15, 0.2) is 23.1 Å². The number of fused-ring (bicyclic) bond motifs is 1. The monoisotopic (exact) mass is 227 g/mol. The van der Waals surface area contributed by atoms with Crippen LogP contribution in [0.5, 0.6) is 0 Å². The predicted molar refractivity (Wildman–Crippen MR) is 52.5 cm³/mol. The first-order chi connectivity index (χ1) is 6.92. The average molecular weight is 227 g/mol. The lowest BCUT2D eigenvalue weighted by molar-refractivity contribution is -0.121. The van der Waals surface area contributed by atoms with Gasteiger partial charge in [-0.2, -0.15) is 5.06 Å². The van der Waals surface area contributed by atoms with Gasteiger partial charge >= 0.3 is 0 Å². The van der Waals surface area contributed by atoms with E-state index in [0.29, 0.717) is 5.06 Å². The van der Waals surface area contributed by atoms with Crippen LogP contribution in [0, 0.1) is 6.92 Å². The first kappa shape index (κ1) is 10.1. The molecular weight excluding hydrogens is 218 g/mol. The Hall–Kier alpha value is -1.40. The fourth-order valence-corrected chi connectivity index (χ4v) is 2.83. The summed E-state index contributed by atoms with van der Waals surface area (Å²) < 4.78 is 23.2. The maximum Gasteiger partial charge on any atom is 0.266 e. The molecule has 5 nitrogen and oxygen atoms in total. The molecule has 0 bridgehead atoms. The number of hydrogen-bond donors (Lipinski definition) is 1. The van der Waals surface area contributed by atoms with E-state index in [1.54, 1.807) is 13.0 Å². The molecular formula is C9H9NO4S. The molecule has 1 aliphatic heterocycles. The molecule has 1 amide bonds. The van der Waals surface area contributed by atoms with Crippen LogP contribution >= 0.6 is 0 Å². The summed E-state index contributed by atoms with van der Waals surface area (Å²) in [7, 11) is -3.59. The molecule has 0 radical (unpaired) electrons. The Balaban J connectivity index is 2.75. The van der Waals surface area contributed by atoms with E-state index in [1.807, 2.05) is 0 Å². The molecule has 15 heavy (non-hydrogen) atoms. The summed E-state index contributed by atoms with van der Waals surface area (Å²) >= 11 is 0. The largest absolute Gasteiger partial charge is 0.281 e. The maximum absolute atomic E-state index is 11.6. The quantitative estimate of drug-likeness (QED) is 0.655. The Bertz CT molecular complexity index is 535. The lowest BCUT2D eigenvalue weighted by atomic mass is 10.2. The van der Waals surface area contributed by atoms with Gasteiger partial charge in [0, 0.05) is 0 Å². The molecule has 1 aliphatic rings. The van der Waals surface area contributed by atoms with Gasteiger partial charge in [0.25, 0.3) is 5.91 Å². The summed E-state index contributed by atoms with van der Waals surface area (Å²) in [5.41, 5.74) is 0.809. The van der Waals surface area contributed by atoms with Crippen LogP contribution in [0.4, 0.5) is 5.69 Å². The van der Waals surface area contributed by atoms with Crippen molar-refractivity contribution in [3.8, 4) is 0 Å². The van der Waals surface area contributed by atoms with E-state index in [1.165, 1.54) is 12.1 Å². The van der Waals surface area contributed by atoms with Crippen molar-refractivity contribution in [1.29, 1.82) is 0 Å². The third-order valence-corrected chi connectivity index (χ3v) is 3.87. The zero-order chi connectivity index (χ0) is 11.2. The summed E-state index contributed by atoms with van der Waals surface area (Å²) in [6.07, 6.45) is 0. The maximum atomic E-state index is 11.6. The van der Waals surface area contributed by atoms with Gasteiger partial charge in [-0.3, -0.25) is 10.0 Å². The third kappa shape index (κ3) is 1.51. The minimum atomic E-state index is -3.59. The fourth-order valence-electron chi connectivity index (χ4n) is 1.49. The van der Waals surface area contributed by atoms with Crippen LogP contribution in [0.2, 0.25) is 0 Å². The van der Waals surface area contributed by atoms with Crippen molar-refractivity contribution < 1.29 is 18.4 Å². The van der Waals surface area contributed by atoms with Gasteiger partial charge < -0.3 is 0 Å². The fraction of sp³-hybridized carbons (Fsp3) is 0.222. The molecule has 1 N–H and O–H groups in total. The van der Waals surface area contributed by atoms with Crippen LogP contribution in [-0.2, 0) is 14.6 Å². The normalized spacial score (nSPS) is 18.8. The molecule has 0 fully saturated rings. The first-order valence-electron chi connectivity index (χ1n) is 4.27. The van der Waals surface area contributed by atoms with Crippen molar-refractivity contribution in [2.45, 2.75) is 11.8 Å². The number of hydroxylamine groups is 1. The number of carbonyl (C=O) groups is 1. The molecule has 6 heteroatoms. The zero-order valence-electron chi connectivity index (χ0n) is 7.97. The van der Waals surface area contributed by atoms with Gasteiger partial charge in [0.05, 0.1) is 10.6 Å². The standard InChI is InChI=1S/C9H9NO4S/c1-6-2-3-8-7(4-6)10(12)9(11)5-15(8,13)14/h2-4,12H,5H2,1H3. The van der Waals surface area contributed by atoms with Gasteiger partial charge in [-0.25, -0.2) is 8.42 Å². The molecule has 1 aromatic rings. The molecule has 2 rings (SSSR count). The number of nitrogens with zero attached hydrogens (tertiary/aromatic N) is 1. The minimum absolute atomic E-state index is 0.00444. The van der Waals surface area contributed by atoms with E-state index in [0.717, 1.165) is 5.56 Å². The van der Waals surface area contributed by atoms with Crippen molar-refractivity contribution in [2.24, 2.45) is 0 Å². The summed E-state index contributed by atoms with van der Waals surface area (Å²) in [6.45, 7) is 1.75. The van der Waals surface area contributed by atoms with Crippen LogP contribution in [-0.4, -0.2) is 25.3 Å². The summed E-state index contributed by atoms with van der Waals surface area (Å²) in [5, 5.41) is 9.80. The highest BCUT2D eigenvalue weighted by atomic mass is 32.2. The van der Waals surface area contributed by atoms with E-state index in [2.05, 4.69) is 0 Å². The molecule has 0 aliphatic carbocycles. The van der Waals surface area contributed by atoms with Crippen LogP contribution in [0.1, 0.15) is 5.56 Å². The molecule has 0 spiro atoms. The Morgan fingerprint density at radius 2 is 2.07 bits per heavy atom. The Morgan fingerprint density at radius 1 is 1.40 bits per heavy atom. The molecule has 80 valence electrons. The van der Waals surface area contributed by atoms with Crippen LogP contribution < -0.4 is 5.06 Å². The van der Waals surface area contributed by atoms with Gasteiger partial charge in [-0.05, 0) is 24.6 Å². The average Bonchev–Trinajstić information content (AvgIpc) is 2.13. The highest BCUT2D eigenvalue weighted by Crippen LogP contribution is 2.30. The number of amides is 1. The number of sulfone groups is 1. The molecule has 0 saturated carbocycles. The van der Waals surface area contributed by atoms with E-state index in [9.17, 15) is 18.4 Å². The Morgan fingerprint density at radius 3 is 2.73 bits per heavy atom. The van der Waals surface area contributed by atoms with E-state index in [4.69, 9.17) is 0 Å². The molecule has 0 atom stereocenters. The number of rotatable bonds is 0. The van der Waals surface area contributed by atoms with E-state index < -0.39 is 21.5 Å². The molecule has 0 unspecified atom stereocenters. The van der Waals surface area contributed by atoms with Crippen molar-refractivity contribution in [2.75, 3.05) is 10.8 Å². The smallest absolute Gasteiger partial charge is 0.266 e. The minimum Gasteiger partial charge on any atom is -0.281 e. The van der Waals surface area contributed by atoms with Gasteiger partial charge in [0.1, 0.15) is 5.75 Å². The van der Waals surface area contributed by atoms with Crippen LogP contribution in [0.3, 0.4) is 0 Å². The summed E-state index contributed by atoms with van der Waals surface area (Å²) in [4.78, 5) is 11.2. The second-order valence-corrected chi connectivity index (χ2v) is 5.39. The molecule has 1 heterocycles. The third-order valence-electron chi connectivity index (χ3n) is 2.23. The van der Waals surface area contributed by atoms with Gasteiger partial charge in [-0.1, -0.05) is 6.07 Å². The van der Waals surface area contributed by atoms with E-state index in [-0.39, 0.29) is 10.6 Å². The van der Waals surface area contributed by atoms with Gasteiger partial charge in [0.2, 0.25) is 0 Å². The van der Waals surface area contributed by atoms with Crippen molar-refractivity contribution in [3.05, 3.63) is 23.8 Å². The lowest BCUT2D eigenvalue weighted by Gasteiger charge is -2.23. The second kappa shape index (κ2) is 3.04. The number of hydrogen-bond acceptors (Lipinski definition) is 4. The molecule has 0 aromatic heterocycles. The number of aryl methyl sites for hydroxylation is 1. The Kier molecular flexibility index (Phi) is 2.06. The summed E-state index contributed by atoms with van der Waals surface area (Å²) in [6, 6.07) is 4.49. The first-order valence-corrected chi connectivity index (χ1v) is 5.92. The van der Waals surface area contributed by atoms with Crippen molar-refractivity contribution in [1.82, 2.24) is 0 Å². The lowest BCUT2D eigenvalue weighted by Crippen LogP contribution is -2.38. The second-order valence-electron chi connectivity index (χ2n) is 3.44. The highest BCUT2D eigenvalue weighted by Gasteiger charge is 2.33. The van der Waals surface area contributed by atoms with Gasteiger partial charge in [-0.15, -0.1) is 0 Å². The van der Waals surface area contributed by atoms with Crippen molar-refractivity contribution >= 4 is 21.4 Å². The number of benzene rings is 1. The molecule has 1 aromatic carbocycles. The molecule has 0 saturated heterocycles. The van der Waals surface area contributed by atoms with Crippen LogP contribution in [0.25, 0.3) is 0 Å². The SMILES string of the molecule is Cc1ccc2c(c1)N(O)C(=O)CS2(=O)=O. The topological polar surface area (TPSA) is 74.7 Å². The van der Waals surface area contributed by atoms with Crippen molar-refractivity contribution in [3.63, 3.8) is 0 Å². The van der Waals surface area contributed by atoms with E-state index >= 15 is 0 Å².